The predicted molar refractivity (Wildman–Crippen MR) is 76.3 cm³/mol. The van der Waals surface area contributed by atoms with Crippen LogP contribution in [0.3, 0.4) is 0 Å². The summed E-state index contributed by atoms with van der Waals surface area (Å²) in [6.45, 7) is 1.40. The Kier molecular flexibility index (Phi) is 5.31. The van der Waals surface area contributed by atoms with E-state index >= 15 is 0 Å². The summed E-state index contributed by atoms with van der Waals surface area (Å²) in [6.07, 6.45) is 5.51. The summed E-state index contributed by atoms with van der Waals surface area (Å²) in [5.74, 6) is 0.0155. The lowest BCUT2D eigenvalue weighted by Crippen LogP contribution is -2.37. The molecule has 0 bridgehead atoms. The van der Waals surface area contributed by atoms with E-state index in [1.54, 1.807) is 24.5 Å². The Hall–Kier alpha value is -2.15. The summed E-state index contributed by atoms with van der Waals surface area (Å²) in [5, 5.41) is 5.63. The van der Waals surface area contributed by atoms with Gasteiger partial charge in [0.1, 0.15) is 6.54 Å². The number of hydrogen-bond donors (Lipinski definition) is 3. The fraction of sp³-hybridized carbons (Fsp3) is 0.462. The standard InChI is InChI=1S/C13H19N5O2/c14-13(16-8-11-4-2-6-20-11)17-9-12(19)18-10-3-1-5-15-7-10/h1,3,5,7,11H,2,4,6,8-9H2,(H,18,19)(H3,14,16,17). The Labute approximate surface area is 117 Å². The van der Waals surface area contributed by atoms with Crippen LogP contribution in [0.4, 0.5) is 5.69 Å². The number of aliphatic imine (C=N–C) groups is 1. The van der Waals surface area contributed by atoms with Crippen molar-refractivity contribution in [1.29, 1.82) is 0 Å². The molecule has 1 amide bonds. The molecule has 1 aromatic rings. The summed E-state index contributed by atoms with van der Waals surface area (Å²) in [4.78, 5) is 19.5. The van der Waals surface area contributed by atoms with Crippen LogP contribution in [-0.2, 0) is 9.53 Å². The number of rotatable bonds is 5. The van der Waals surface area contributed by atoms with Crippen molar-refractivity contribution >= 4 is 17.6 Å². The number of nitrogens with zero attached hydrogens (tertiary/aromatic N) is 2. The largest absolute Gasteiger partial charge is 0.376 e. The smallest absolute Gasteiger partial charge is 0.246 e. The Morgan fingerprint density at radius 3 is 3.20 bits per heavy atom. The molecule has 1 atom stereocenters. The number of hydrogen-bond acceptors (Lipinski definition) is 4. The van der Waals surface area contributed by atoms with Crippen LogP contribution in [0, 0.1) is 0 Å². The molecule has 7 nitrogen and oxygen atoms in total. The number of anilines is 1. The highest BCUT2D eigenvalue weighted by atomic mass is 16.5. The van der Waals surface area contributed by atoms with Crippen LogP contribution in [0.15, 0.2) is 29.5 Å². The van der Waals surface area contributed by atoms with Crippen LogP contribution >= 0.6 is 0 Å². The number of amides is 1. The molecule has 1 aliphatic rings. The van der Waals surface area contributed by atoms with Gasteiger partial charge in [-0.2, -0.15) is 0 Å². The second-order valence-electron chi connectivity index (χ2n) is 4.51. The van der Waals surface area contributed by atoms with Gasteiger partial charge in [0.2, 0.25) is 5.91 Å². The van der Waals surface area contributed by atoms with E-state index < -0.39 is 0 Å². The Morgan fingerprint density at radius 1 is 1.60 bits per heavy atom. The molecule has 20 heavy (non-hydrogen) atoms. The number of pyridine rings is 1. The molecule has 4 N–H and O–H groups in total. The van der Waals surface area contributed by atoms with Gasteiger partial charge in [0.25, 0.3) is 0 Å². The summed E-state index contributed by atoms with van der Waals surface area (Å²) >= 11 is 0. The van der Waals surface area contributed by atoms with Gasteiger partial charge in [-0.1, -0.05) is 0 Å². The summed E-state index contributed by atoms with van der Waals surface area (Å²) < 4.78 is 5.45. The highest BCUT2D eigenvalue weighted by Crippen LogP contribution is 2.10. The highest BCUT2D eigenvalue weighted by molar-refractivity contribution is 5.93. The van der Waals surface area contributed by atoms with Gasteiger partial charge in [-0.25, -0.2) is 4.99 Å². The molecular weight excluding hydrogens is 258 g/mol. The van der Waals surface area contributed by atoms with Crippen molar-refractivity contribution in [3.8, 4) is 0 Å². The minimum atomic E-state index is -0.236. The molecule has 1 unspecified atom stereocenters. The van der Waals surface area contributed by atoms with Gasteiger partial charge in [0.05, 0.1) is 18.0 Å². The number of nitrogens with one attached hydrogen (secondary N) is 2. The number of ether oxygens (including phenoxy) is 1. The van der Waals surface area contributed by atoms with Crippen molar-refractivity contribution in [1.82, 2.24) is 10.3 Å². The number of aromatic nitrogens is 1. The Morgan fingerprint density at radius 2 is 2.50 bits per heavy atom. The molecule has 1 saturated heterocycles. The SMILES string of the molecule is NC(=NCC(=O)Nc1cccnc1)NCC1CCCO1. The first-order valence-electron chi connectivity index (χ1n) is 6.59. The van der Waals surface area contributed by atoms with Gasteiger partial charge >= 0.3 is 0 Å². The Bertz CT molecular complexity index is 457. The minimum absolute atomic E-state index is 0.0285. The van der Waals surface area contributed by atoms with Crippen molar-refractivity contribution in [2.24, 2.45) is 10.7 Å². The van der Waals surface area contributed by atoms with E-state index in [4.69, 9.17) is 10.5 Å². The van der Waals surface area contributed by atoms with E-state index in [1.807, 2.05) is 0 Å². The van der Waals surface area contributed by atoms with Gasteiger partial charge in [-0.05, 0) is 25.0 Å². The normalized spacial score (nSPS) is 18.8. The highest BCUT2D eigenvalue weighted by Gasteiger charge is 2.14. The molecule has 2 rings (SSSR count). The van der Waals surface area contributed by atoms with Gasteiger partial charge in [-0.3, -0.25) is 9.78 Å². The molecule has 2 heterocycles. The minimum Gasteiger partial charge on any atom is -0.376 e. The van der Waals surface area contributed by atoms with E-state index in [0.29, 0.717) is 12.2 Å². The summed E-state index contributed by atoms with van der Waals surface area (Å²) in [7, 11) is 0. The fourth-order valence-electron chi connectivity index (χ4n) is 1.87. The zero-order valence-corrected chi connectivity index (χ0v) is 11.2. The van der Waals surface area contributed by atoms with E-state index in [9.17, 15) is 4.79 Å². The van der Waals surface area contributed by atoms with Crippen LogP contribution < -0.4 is 16.4 Å². The van der Waals surface area contributed by atoms with Crippen molar-refractivity contribution < 1.29 is 9.53 Å². The summed E-state index contributed by atoms with van der Waals surface area (Å²) in [5.41, 5.74) is 6.32. The topological polar surface area (TPSA) is 102 Å². The molecule has 1 aliphatic heterocycles. The van der Waals surface area contributed by atoms with Crippen molar-refractivity contribution in [2.45, 2.75) is 18.9 Å². The van der Waals surface area contributed by atoms with E-state index in [1.165, 1.54) is 0 Å². The second kappa shape index (κ2) is 7.44. The van der Waals surface area contributed by atoms with E-state index in [0.717, 1.165) is 19.4 Å². The monoisotopic (exact) mass is 277 g/mol. The maximum Gasteiger partial charge on any atom is 0.246 e. The first-order chi connectivity index (χ1) is 9.74. The molecule has 0 aliphatic carbocycles. The average molecular weight is 277 g/mol. The molecule has 0 radical (unpaired) electrons. The molecule has 0 spiro atoms. The van der Waals surface area contributed by atoms with Crippen LogP contribution in [0.25, 0.3) is 0 Å². The maximum absolute atomic E-state index is 11.6. The zero-order chi connectivity index (χ0) is 14.2. The number of carbonyl (C=O) groups is 1. The third kappa shape index (κ3) is 4.85. The first-order valence-corrected chi connectivity index (χ1v) is 6.59. The quantitative estimate of drug-likeness (QED) is 0.523. The molecule has 0 saturated carbocycles. The fourth-order valence-corrected chi connectivity index (χ4v) is 1.87. The van der Waals surface area contributed by atoms with Gasteiger partial charge < -0.3 is 21.1 Å². The number of guanidine groups is 1. The van der Waals surface area contributed by atoms with Gasteiger partial charge in [-0.15, -0.1) is 0 Å². The summed E-state index contributed by atoms with van der Waals surface area (Å²) in [6, 6.07) is 3.50. The lowest BCUT2D eigenvalue weighted by Gasteiger charge is -2.11. The van der Waals surface area contributed by atoms with Crippen LogP contribution in [0.1, 0.15) is 12.8 Å². The molecule has 108 valence electrons. The molecule has 7 heteroatoms. The van der Waals surface area contributed by atoms with E-state index in [-0.39, 0.29) is 24.5 Å². The molecule has 0 aromatic carbocycles. The number of carbonyl (C=O) groups excluding carboxylic acids is 1. The third-order valence-electron chi connectivity index (χ3n) is 2.87. The first kappa shape index (κ1) is 14.3. The van der Waals surface area contributed by atoms with E-state index in [2.05, 4.69) is 20.6 Å². The third-order valence-corrected chi connectivity index (χ3v) is 2.87. The average Bonchev–Trinajstić information content (AvgIpc) is 2.97. The molecule has 1 fully saturated rings. The van der Waals surface area contributed by atoms with Gasteiger partial charge in [0, 0.05) is 19.3 Å². The van der Waals surface area contributed by atoms with Crippen LogP contribution in [0.5, 0.6) is 0 Å². The predicted octanol–water partition coefficient (Wildman–Crippen LogP) is 0.103. The molecular formula is C13H19N5O2. The second-order valence-corrected chi connectivity index (χ2v) is 4.51. The Balaban J connectivity index is 1.69. The maximum atomic E-state index is 11.6. The molecule has 1 aromatic heterocycles. The van der Waals surface area contributed by atoms with Crippen LogP contribution in [0.2, 0.25) is 0 Å². The van der Waals surface area contributed by atoms with Crippen molar-refractivity contribution in [2.75, 3.05) is 25.0 Å². The van der Waals surface area contributed by atoms with Crippen molar-refractivity contribution in [3.63, 3.8) is 0 Å². The lowest BCUT2D eigenvalue weighted by atomic mass is 10.2. The number of nitrogens with two attached hydrogens (primary N) is 1. The van der Waals surface area contributed by atoms with Crippen molar-refractivity contribution in [3.05, 3.63) is 24.5 Å². The van der Waals surface area contributed by atoms with Crippen LogP contribution in [-0.4, -0.2) is 42.7 Å². The van der Waals surface area contributed by atoms with Gasteiger partial charge in [0.15, 0.2) is 5.96 Å². The zero-order valence-electron chi connectivity index (χ0n) is 11.2. The lowest BCUT2D eigenvalue weighted by molar-refractivity contribution is -0.114.